The summed E-state index contributed by atoms with van der Waals surface area (Å²) in [6.07, 6.45) is 0.282. The second-order valence-corrected chi connectivity index (χ2v) is 3.35. The Hall–Kier alpha value is -1.88. The molecular weight excluding hydrogens is 206 g/mol. The van der Waals surface area contributed by atoms with E-state index in [0.717, 1.165) is 0 Å². The van der Waals surface area contributed by atoms with E-state index in [4.69, 9.17) is 5.73 Å². The summed E-state index contributed by atoms with van der Waals surface area (Å²) in [7, 11) is 0. The Morgan fingerprint density at radius 1 is 1.25 bits per heavy atom. The first kappa shape index (κ1) is 12.2. The van der Waals surface area contributed by atoms with Crippen molar-refractivity contribution in [1.29, 1.82) is 0 Å². The Bertz CT molecular complexity index is 391. The van der Waals surface area contributed by atoms with Crippen LogP contribution < -0.4 is 16.4 Å². The van der Waals surface area contributed by atoms with Gasteiger partial charge < -0.3 is 16.4 Å². The van der Waals surface area contributed by atoms with Gasteiger partial charge in [-0.15, -0.1) is 0 Å². The van der Waals surface area contributed by atoms with Crippen LogP contribution in [0.3, 0.4) is 0 Å². The maximum absolute atomic E-state index is 11.3. The van der Waals surface area contributed by atoms with Gasteiger partial charge in [-0.05, 0) is 18.2 Å². The molecule has 0 spiro atoms. The van der Waals surface area contributed by atoms with Gasteiger partial charge in [0.1, 0.15) is 0 Å². The monoisotopic (exact) mass is 221 g/mol. The highest BCUT2D eigenvalue weighted by molar-refractivity contribution is 5.93. The fourth-order valence-corrected chi connectivity index (χ4v) is 1.23. The van der Waals surface area contributed by atoms with Gasteiger partial charge in [0.15, 0.2) is 0 Å². The molecule has 0 radical (unpaired) electrons. The van der Waals surface area contributed by atoms with Gasteiger partial charge in [0, 0.05) is 31.3 Å². The van der Waals surface area contributed by atoms with Crippen LogP contribution in [0, 0.1) is 0 Å². The smallest absolute Gasteiger partial charge is 0.225 e. The van der Waals surface area contributed by atoms with Crippen LogP contribution in [-0.2, 0) is 9.59 Å². The van der Waals surface area contributed by atoms with E-state index in [-0.39, 0.29) is 18.2 Å². The van der Waals surface area contributed by atoms with Gasteiger partial charge in [-0.3, -0.25) is 9.59 Å². The lowest BCUT2D eigenvalue weighted by atomic mass is 10.2. The SMILES string of the molecule is CC(=O)Nc1cccc(NC(=O)CCN)c1. The first-order valence-corrected chi connectivity index (χ1v) is 4.99. The summed E-state index contributed by atoms with van der Waals surface area (Å²) in [5.41, 5.74) is 6.56. The van der Waals surface area contributed by atoms with Crippen molar-refractivity contribution in [1.82, 2.24) is 0 Å². The van der Waals surface area contributed by atoms with Gasteiger partial charge in [-0.2, -0.15) is 0 Å². The Balaban J connectivity index is 2.67. The van der Waals surface area contributed by atoms with Crippen molar-refractivity contribution in [3.63, 3.8) is 0 Å². The maximum atomic E-state index is 11.3. The van der Waals surface area contributed by atoms with Gasteiger partial charge in [-0.25, -0.2) is 0 Å². The molecule has 0 saturated carbocycles. The molecule has 0 bridgehead atoms. The van der Waals surface area contributed by atoms with Crippen molar-refractivity contribution in [2.24, 2.45) is 5.73 Å². The molecule has 1 aromatic carbocycles. The van der Waals surface area contributed by atoms with E-state index in [2.05, 4.69) is 10.6 Å². The number of hydrogen-bond donors (Lipinski definition) is 3. The molecule has 4 N–H and O–H groups in total. The average Bonchev–Trinajstić information content (AvgIpc) is 2.17. The second-order valence-electron chi connectivity index (χ2n) is 3.35. The van der Waals surface area contributed by atoms with E-state index >= 15 is 0 Å². The van der Waals surface area contributed by atoms with Crippen LogP contribution >= 0.6 is 0 Å². The third-order valence-corrected chi connectivity index (χ3v) is 1.84. The normalized spacial score (nSPS) is 9.62. The Morgan fingerprint density at radius 3 is 2.44 bits per heavy atom. The molecule has 0 atom stereocenters. The van der Waals surface area contributed by atoms with Gasteiger partial charge in [-0.1, -0.05) is 6.07 Å². The molecule has 0 aliphatic carbocycles. The van der Waals surface area contributed by atoms with Crippen LogP contribution in [0.2, 0.25) is 0 Å². The van der Waals surface area contributed by atoms with Gasteiger partial charge in [0.05, 0.1) is 0 Å². The molecule has 1 rings (SSSR count). The molecule has 2 amide bonds. The van der Waals surface area contributed by atoms with E-state index in [0.29, 0.717) is 17.9 Å². The lowest BCUT2D eigenvalue weighted by molar-refractivity contribution is -0.116. The molecule has 0 aliphatic heterocycles. The summed E-state index contributed by atoms with van der Waals surface area (Å²) in [6, 6.07) is 6.94. The van der Waals surface area contributed by atoms with Crippen molar-refractivity contribution in [3.8, 4) is 0 Å². The molecule has 0 aromatic heterocycles. The van der Waals surface area contributed by atoms with Crippen LogP contribution in [0.5, 0.6) is 0 Å². The van der Waals surface area contributed by atoms with Crippen molar-refractivity contribution in [3.05, 3.63) is 24.3 Å². The topological polar surface area (TPSA) is 84.2 Å². The Kier molecular flexibility index (Phi) is 4.47. The molecule has 86 valence electrons. The number of hydrogen-bond acceptors (Lipinski definition) is 3. The van der Waals surface area contributed by atoms with Gasteiger partial charge >= 0.3 is 0 Å². The van der Waals surface area contributed by atoms with Crippen molar-refractivity contribution in [2.75, 3.05) is 17.2 Å². The highest BCUT2D eigenvalue weighted by atomic mass is 16.2. The summed E-state index contributed by atoms with van der Waals surface area (Å²) in [5.74, 6) is -0.284. The number of anilines is 2. The zero-order chi connectivity index (χ0) is 12.0. The predicted octanol–water partition coefficient (Wildman–Crippen LogP) is 0.932. The highest BCUT2D eigenvalue weighted by Gasteiger charge is 2.02. The summed E-state index contributed by atoms with van der Waals surface area (Å²) >= 11 is 0. The highest BCUT2D eigenvalue weighted by Crippen LogP contribution is 2.14. The fraction of sp³-hybridized carbons (Fsp3) is 0.273. The molecule has 0 unspecified atom stereocenters. The number of nitrogens with two attached hydrogens (primary N) is 1. The van der Waals surface area contributed by atoms with Crippen LogP contribution in [0.1, 0.15) is 13.3 Å². The standard InChI is InChI=1S/C11H15N3O2/c1-8(15)13-9-3-2-4-10(7-9)14-11(16)5-6-12/h2-4,7H,5-6,12H2,1H3,(H,13,15)(H,14,16). The number of benzene rings is 1. The summed E-state index contributed by atoms with van der Waals surface area (Å²) in [4.78, 5) is 22.1. The predicted molar refractivity (Wildman–Crippen MR) is 63.0 cm³/mol. The zero-order valence-electron chi connectivity index (χ0n) is 9.12. The van der Waals surface area contributed by atoms with E-state index in [1.54, 1.807) is 24.3 Å². The van der Waals surface area contributed by atoms with E-state index in [1.165, 1.54) is 6.92 Å². The van der Waals surface area contributed by atoms with E-state index in [9.17, 15) is 9.59 Å². The molecular formula is C11H15N3O2. The lowest BCUT2D eigenvalue weighted by Crippen LogP contribution is -2.16. The summed E-state index contributed by atoms with van der Waals surface area (Å²) in [5, 5.41) is 5.32. The average molecular weight is 221 g/mol. The first-order valence-electron chi connectivity index (χ1n) is 4.99. The minimum atomic E-state index is -0.148. The minimum Gasteiger partial charge on any atom is -0.330 e. The fourth-order valence-electron chi connectivity index (χ4n) is 1.23. The Labute approximate surface area is 94.0 Å². The van der Waals surface area contributed by atoms with Crippen LogP contribution in [-0.4, -0.2) is 18.4 Å². The third-order valence-electron chi connectivity index (χ3n) is 1.84. The number of carbonyl (C=O) groups is 2. The molecule has 16 heavy (non-hydrogen) atoms. The molecule has 5 nitrogen and oxygen atoms in total. The number of nitrogens with one attached hydrogen (secondary N) is 2. The molecule has 0 fully saturated rings. The van der Waals surface area contributed by atoms with Crippen molar-refractivity contribution >= 4 is 23.2 Å². The van der Waals surface area contributed by atoms with E-state index < -0.39 is 0 Å². The van der Waals surface area contributed by atoms with Crippen LogP contribution in [0.4, 0.5) is 11.4 Å². The van der Waals surface area contributed by atoms with E-state index in [1.807, 2.05) is 0 Å². The first-order chi connectivity index (χ1) is 7.61. The second kappa shape index (κ2) is 5.87. The van der Waals surface area contributed by atoms with Gasteiger partial charge in [0.2, 0.25) is 11.8 Å². The molecule has 1 aromatic rings. The quantitative estimate of drug-likeness (QED) is 0.707. The number of amides is 2. The molecule has 0 saturated heterocycles. The van der Waals surface area contributed by atoms with Crippen molar-refractivity contribution in [2.45, 2.75) is 13.3 Å². The molecule has 5 heteroatoms. The number of rotatable bonds is 4. The summed E-state index contributed by atoms with van der Waals surface area (Å²) in [6.45, 7) is 1.75. The molecule has 0 heterocycles. The maximum Gasteiger partial charge on any atom is 0.225 e. The largest absolute Gasteiger partial charge is 0.330 e. The zero-order valence-corrected chi connectivity index (χ0v) is 9.12. The lowest BCUT2D eigenvalue weighted by Gasteiger charge is -2.07. The van der Waals surface area contributed by atoms with Crippen LogP contribution in [0.25, 0.3) is 0 Å². The third kappa shape index (κ3) is 4.10. The van der Waals surface area contributed by atoms with Crippen molar-refractivity contribution < 1.29 is 9.59 Å². The number of carbonyl (C=O) groups excluding carboxylic acids is 2. The molecule has 0 aliphatic rings. The summed E-state index contributed by atoms with van der Waals surface area (Å²) < 4.78 is 0. The Morgan fingerprint density at radius 2 is 1.88 bits per heavy atom. The van der Waals surface area contributed by atoms with Gasteiger partial charge in [0.25, 0.3) is 0 Å². The van der Waals surface area contributed by atoms with Crippen LogP contribution in [0.15, 0.2) is 24.3 Å². The minimum absolute atomic E-state index is 0.137.